The first-order valence-electron chi connectivity index (χ1n) is 7.95. The van der Waals surface area contributed by atoms with Crippen molar-refractivity contribution in [3.8, 4) is 0 Å². The van der Waals surface area contributed by atoms with Crippen LogP contribution in [0, 0.1) is 19.8 Å². The Labute approximate surface area is 145 Å². The van der Waals surface area contributed by atoms with E-state index in [-0.39, 0.29) is 23.6 Å². The van der Waals surface area contributed by atoms with Gasteiger partial charge in [0.2, 0.25) is 5.95 Å². The van der Waals surface area contributed by atoms with Gasteiger partial charge in [-0.1, -0.05) is 11.6 Å². The van der Waals surface area contributed by atoms with Gasteiger partial charge in [0.1, 0.15) is 5.56 Å². The van der Waals surface area contributed by atoms with Crippen LogP contribution in [0.5, 0.6) is 0 Å². The summed E-state index contributed by atoms with van der Waals surface area (Å²) in [5.74, 6) is -0.968. The SMILES string of the molecule is Cc1cnc(C(C)N(C(=O)c2c(C)nn(C)c2F)C2CC2)c(Cl)c1. The number of halogens is 2. The molecule has 0 aromatic carbocycles. The zero-order chi connectivity index (χ0) is 17.6. The molecule has 1 unspecified atom stereocenters. The predicted octanol–water partition coefficient (Wildman–Crippen LogP) is 3.59. The lowest BCUT2D eigenvalue weighted by Gasteiger charge is -2.29. The van der Waals surface area contributed by atoms with Crippen molar-refractivity contribution in [2.45, 2.75) is 45.7 Å². The van der Waals surface area contributed by atoms with Crippen molar-refractivity contribution >= 4 is 17.5 Å². The zero-order valence-electron chi connectivity index (χ0n) is 14.2. The number of carbonyl (C=O) groups excluding carboxylic acids is 1. The van der Waals surface area contributed by atoms with E-state index in [4.69, 9.17) is 11.6 Å². The fourth-order valence-corrected chi connectivity index (χ4v) is 3.37. The summed E-state index contributed by atoms with van der Waals surface area (Å²) >= 11 is 6.32. The number of hydrogen-bond acceptors (Lipinski definition) is 3. The Kier molecular flexibility index (Phi) is 4.34. The zero-order valence-corrected chi connectivity index (χ0v) is 14.9. The van der Waals surface area contributed by atoms with E-state index >= 15 is 0 Å². The number of rotatable bonds is 4. The molecule has 1 aliphatic rings. The molecule has 7 heteroatoms. The Hall–Kier alpha value is -1.95. The van der Waals surface area contributed by atoms with Crippen molar-refractivity contribution in [1.29, 1.82) is 0 Å². The highest BCUT2D eigenvalue weighted by atomic mass is 35.5. The number of hydrogen-bond donors (Lipinski definition) is 0. The summed E-state index contributed by atoms with van der Waals surface area (Å²) in [6.45, 7) is 5.43. The van der Waals surface area contributed by atoms with Crippen molar-refractivity contribution in [3.05, 3.63) is 45.7 Å². The van der Waals surface area contributed by atoms with Crippen molar-refractivity contribution in [3.63, 3.8) is 0 Å². The summed E-state index contributed by atoms with van der Waals surface area (Å²) in [6.07, 6.45) is 3.53. The van der Waals surface area contributed by atoms with Crippen LogP contribution in [0.2, 0.25) is 5.02 Å². The number of pyridine rings is 1. The predicted molar refractivity (Wildman–Crippen MR) is 89.5 cm³/mol. The van der Waals surface area contributed by atoms with Gasteiger partial charge in [-0.05, 0) is 45.2 Å². The molecule has 1 saturated carbocycles. The molecule has 0 N–H and O–H groups in total. The normalized spacial score (nSPS) is 15.4. The molecule has 0 aliphatic heterocycles. The quantitative estimate of drug-likeness (QED) is 0.846. The molecule has 0 saturated heterocycles. The fraction of sp³-hybridized carbons (Fsp3) is 0.471. The maximum absolute atomic E-state index is 14.3. The highest BCUT2D eigenvalue weighted by Crippen LogP contribution is 2.37. The molecule has 24 heavy (non-hydrogen) atoms. The number of carbonyl (C=O) groups is 1. The Bertz CT molecular complexity index is 800. The van der Waals surface area contributed by atoms with Gasteiger partial charge in [-0.3, -0.25) is 9.78 Å². The average Bonchev–Trinajstić information content (AvgIpc) is 3.27. The third kappa shape index (κ3) is 2.90. The van der Waals surface area contributed by atoms with E-state index in [0.717, 1.165) is 23.1 Å². The summed E-state index contributed by atoms with van der Waals surface area (Å²) in [6, 6.07) is 1.58. The van der Waals surface area contributed by atoms with E-state index in [1.807, 2.05) is 19.9 Å². The summed E-state index contributed by atoms with van der Waals surface area (Å²) in [4.78, 5) is 19.1. The van der Waals surface area contributed by atoms with E-state index in [9.17, 15) is 9.18 Å². The molecule has 1 atom stereocenters. The second-order valence-corrected chi connectivity index (χ2v) is 6.78. The van der Waals surface area contributed by atoms with Crippen LogP contribution in [0.25, 0.3) is 0 Å². The summed E-state index contributed by atoms with van der Waals surface area (Å²) < 4.78 is 15.4. The molecule has 0 bridgehead atoms. The van der Waals surface area contributed by atoms with Gasteiger partial charge in [0.15, 0.2) is 0 Å². The van der Waals surface area contributed by atoms with Crippen LogP contribution >= 0.6 is 11.6 Å². The Morgan fingerprint density at radius 3 is 2.62 bits per heavy atom. The molecule has 5 nitrogen and oxygen atoms in total. The third-order valence-electron chi connectivity index (χ3n) is 4.36. The van der Waals surface area contributed by atoms with Crippen molar-refractivity contribution < 1.29 is 9.18 Å². The topological polar surface area (TPSA) is 51.0 Å². The van der Waals surface area contributed by atoms with Crippen LogP contribution < -0.4 is 0 Å². The van der Waals surface area contributed by atoms with Crippen LogP contribution in [-0.2, 0) is 7.05 Å². The standard InChI is InChI=1S/C17H20ClFN4O/c1-9-7-13(18)15(20-8-9)11(3)23(12-5-6-12)17(24)14-10(2)21-22(4)16(14)19/h7-8,11-12H,5-6H2,1-4H3. The molecule has 128 valence electrons. The second kappa shape index (κ2) is 6.16. The number of nitrogens with zero attached hydrogens (tertiary/aromatic N) is 4. The van der Waals surface area contributed by atoms with E-state index in [1.165, 1.54) is 7.05 Å². The third-order valence-corrected chi connectivity index (χ3v) is 4.66. The monoisotopic (exact) mass is 350 g/mol. The number of amides is 1. The van der Waals surface area contributed by atoms with E-state index < -0.39 is 5.95 Å². The summed E-state index contributed by atoms with van der Waals surface area (Å²) in [5.41, 5.74) is 2.00. The Balaban J connectivity index is 1.99. The minimum absolute atomic E-state index is 0.0273. The molecule has 2 heterocycles. The van der Waals surface area contributed by atoms with Gasteiger partial charge in [0.25, 0.3) is 5.91 Å². The lowest BCUT2D eigenvalue weighted by Crippen LogP contribution is -2.36. The molecule has 2 aromatic rings. The Morgan fingerprint density at radius 1 is 1.46 bits per heavy atom. The summed E-state index contributed by atoms with van der Waals surface area (Å²) in [5, 5.41) is 4.53. The highest BCUT2D eigenvalue weighted by Gasteiger charge is 2.40. The maximum Gasteiger partial charge on any atom is 0.261 e. The fourth-order valence-electron chi connectivity index (χ4n) is 3.00. The average molecular weight is 351 g/mol. The first-order chi connectivity index (χ1) is 11.3. The van der Waals surface area contributed by atoms with Gasteiger partial charge in [-0.2, -0.15) is 9.49 Å². The van der Waals surface area contributed by atoms with E-state index in [2.05, 4.69) is 10.1 Å². The largest absolute Gasteiger partial charge is 0.327 e. The van der Waals surface area contributed by atoms with Gasteiger partial charge < -0.3 is 4.90 Å². The molecule has 1 amide bonds. The molecule has 2 aromatic heterocycles. The first kappa shape index (κ1) is 16.9. The highest BCUT2D eigenvalue weighted by molar-refractivity contribution is 6.31. The van der Waals surface area contributed by atoms with Crippen molar-refractivity contribution in [2.24, 2.45) is 7.05 Å². The van der Waals surface area contributed by atoms with Gasteiger partial charge in [0, 0.05) is 19.3 Å². The van der Waals surface area contributed by atoms with Crippen LogP contribution in [0.3, 0.4) is 0 Å². The van der Waals surface area contributed by atoms with Crippen LogP contribution in [0.15, 0.2) is 12.3 Å². The van der Waals surface area contributed by atoms with Gasteiger partial charge in [0.05, 0.1) is 22.5 Å². The lowest BCUT2D eigenvalue weighted by molar-refractivity contribution is 0.0664. The smallest absolute Gasteiger partial charge is 0.261 e. The van der Waals surface area contributed by atoms with E-state index in [1.54, 1.807) is 18.0 Å². The molecule has 1 aliphatic carbocycles. The lowest BCUT2D eigenvalue weighted by atomic mass is 10.1. The van der Waals surface area contributed by atoms with Crippen LogP contribution in [0.1, 0.15) is 53.1 Å². The molecule has 3 rings (SSSR count). The second-order valence-electron chi connectivity index (χ2n) is 6.37. The van der Waals surface area contributed by atoms with Gasteiger partial charge >= 0.3 is 0 Å². The number of aromatic nitrogens is 3. The van der Waals surface area contributed by atoms with Gasteiger partial charge in [-0.25, -0.2) is 4.68 Å². The number of aryl methyl sites for hydroxylation is 3. The molecular weight excluding hydrogens is 331 g/mol. The molecule has 0 radical (unpaired) electrons. The minimum Gasteiger partial charge on any atom is -0.327 e. The van der Waals surface area contributed by atoms with E-state index in [0.29, 0.717) is 16.4 Å². The van der Waals surface area contributed by atoms with Gasteiger partial charge in [-0.15, -0.1) is 0 Å². The first-order valence-corrected chi connectivity index (χ1v) is 8.32. The van der Waals surface area contributed by atoms with Crippen LogP contribution in [-0.4, -0.2) is 31.6 Å². The maximum atomic E-state index is 14.3. The Morgan fingerprint density at radius 2 is 2.12 bits per heavy atom. The van der Waals surface area contributed by atoms with Crippen molar-refractivity contribution in [2.75, 3.05) is 0 Å². The minimum atomic E-state index is -0.613. The molecule has 1 fully saturated rings. The molecule has 0 spiro atoms. The summed E-state index contributed by atoms with van der Waals surface area (Å²) in [7, 11) is 1.49. The van der Waals surface area contributed by atoms with Crippen LogP contribution in [0.4, 0.5) is 4.39 Å². The van der Waals surface area contributed by atoms with Crippen molar-refractivity contribution in [1.82, 2.24) is 19.7 Å². The molecular formula is C17H20ClFN4O.